The number of hydrogen-bond donors (Lipinski definition) is 2. The number of rotatable bonds is 4. The number of hydrogen-bond acceptors (Lipinski definition) is 4. The molecule has 2 aromatic rings. The van der Waals surface area contributed by atoms with Gasteiger partial charge < -0.3 is 11.1 Å². The first-order valence-corrected chi connectivity index (χ1v) is 8.43. The van der Waals surface area contributed by atoms with Gasteiger partial charge in [0.1, 0.15) is 6.54 Å². The van der Waals surface area contributed by atoms with E-state index in [4.69, 9.17) is 5.73 Å². The van der Waals surface area contributed by atoms with Crippen LogP contribution in [-0.2, 0) is 14.8 Å². The van der Waals surface area contributed by atoms with Gasteiger partial charge in [-0.25, -0.2) is 8.42 Å². The molecule has 6 nitrogen and oxygen atoms in total. The third-order valence-electron chi connectivity index (χ3n) is 3.73. The van der Waals surface area contributed by atoms with Crippen LogP contribution in [-0.4, -0.2) is 33.5 Å². The smallest absolute Gasteiger partial charge is 0.265 e. The molecule has 0 aromatic heterocycles. The maximum Gasteiger partial charge on any atom is 0.265 e. The Hall–Kier alpha value is -2.12. The fraction of sp³-hybridized carbons (Fsp3) is 0.267. The van der Waals surface area contributed by atoms with Gasteiger partial charge in [-0.1, -0.05) is 24.3 Å². The first-order valence-electron chi connectivity index (χ1n) is 6.99. The molecule has 1 atom stereocenters. The van der Waals surface area contributed by atoms with Gasteiger partial charge in [-0.15, -0.1) is 0 Å². The highest BCUT2D eigenvalue weighted by Gasteiger charge is 2.36. The number of benzene rings is 2. The molecule has 3 N–H and O–H groups in total. The van der Waals surface area contributed by atoms with Crippen LogP contribution in [0.2, 0.25) is 0 Å². The molecule has 3 rings (SSSR count). The lowest BCUT2D eigenvalue weighted by atomic mass is 10.1. The largest absolute Gasteiger partial charge is 0.351 e. The molecule has 0 saturated heterocycles. The average Bonchev–Trinajstić information content (AvgIpc) is 2.71. The maximum atomic E-state index is 12.7. The van der Waals surface area contributed by atoms with Crippen LogP contribution in [0, 0.1) is 0 Å². The lowest BCUT2D eigenvalue weighted by Crippen LogP contribution is -2.44. The number of carbonyl (C=O) groups is 1. The number of nitrogens with one attached hydrogen (secondary N) is 1. The molecule has 0 aliphatic carbocycles. The van der Waals surface area contributed by atoms with Gasteiger partial charge in [0, 0.05) is 18.0 Å². The van der Waals surface area contributed by atoms with Crippen LogP contribution in [0.15, 0.2) is 41.3 Å². The quantitative estimate of drug-likeness (QED) is 0.872. The molecule has 0 unspecified atom stereocenters. The Balaban J connectivity index is 2.01. The molecule has 1 aliphatic rings. The van der Waals surface area contributed by atoms with Crippen molar-refractivity contribution in [2.24, 2.45) is 5.73 Å². The monoisotopic (exact) mass is 319 g/mol. The summed E-state index contributed by atoms with van der Waals surface area (Å²) in [6, 6.07) is 10.3. The van der Waals surface area contributed by atoms with Crippen molar-refractivity contribution in [1.82, 2.24) is 5.32 Å². The minimum Gasteiger partial charge on any atom is -0.351 e. The first kappa shape index (κ1) is 14.8. The van der Waals surface area contributed by atoms with Gasteiger partial charge in [0.25, 0.3) is 10.0 Å². The van der Waals surface area contributed by atoms with E-state index in [0.717, 1.165) is 9.69 Å². The fourth-order valence-corrected chi connectivity index (χ4v) is 4.30. The Kier molecular flexibility index (Phi) is 3.54. The Morgan fingerprint density at radius 2 is 1.95 bits per heavy atom. The van der Waals surface area contributed by atoms with Gasteiger partial charge in [0.05, 0.1) is 10.6 Å². The molecule has 2 aromatic carbocycles. The van der Waals surface area contributed by atoms with Crippen LogP contribution in [0.1, 0.15) is 6.92 Å². The zero-order valence-corrected chi connectivity index (χ0v) is 12.9. The van der Waals surface area contributed by atoms with Gasteiger partial charge in [0.15, 0.2) is 0 Å². The topological polar surface area (TPSA) is 92.5 Å². The third kappa shape index (κ3) is 2.22. The summed E-state index contributed by atoms with van der Waals surface area (Å²) >= 11 is 0. The average molecular weight is 319 g/mol. The summed E-state index contributed by atoms with van der Waals surface area (Å²) in [5.74, 6) is -0.369. The molecule has 0 radical (unpaired) electrons. The molecule has 116 valence electrons. The SMILES string of the molecule is C[C@@H](CN)NC(=O)CN1c2cccc3cccc(c23)S1(=O)=O. The van der Waals surface area contributed by atoms with Gasteiger partial charge in [0.2, 0.25) is 5.91 Å². The molecule has 0 fully saturated rings. The number of nitrogens with two attached hydrogens (primary N) is 1. The summed E-state index contributed by atoms with van der Waals surface area (Å²) in [6.07, 6.45) is 0. The highest BCUT2D eigenvalue weighted by molar-refractivity contribution is 7.93. The fourth-order valence-electron chi connectivity index (χ4n) is 2.64. The Morgan fingerprint density at radius 1 is 1.27 bits per heavy atom. The molecule has 0 bridgehead atoms. The Morgan fingerprint density at radius 3 is 2.64 bits per heavy atom. The highest BCUT2D eigenvalue weighted by atomic mass is 32.2. The van der Waals surface area contributed by atoms with E-state index in [0.29, 0.717) is 17.6 Å². The normalized spacial score (nSPS) is 16.7. The summed E-state index contributed by atoms with van der Waals surface area (Å²) in [5, 5.41) is 4.20. The van der Waals surface area contributed by atoms with Crippen LogP contribution < -0.4 is 15.4 Å². The van der Waals surface area contributed by atoms with Crippen molar-refractivity contribution < 1.29 is 13.2 Å². The van der Waals surface area contributed by atoms with Crippen LogP contribution in [0.5, 0.6) is 0 Å². The Labute approximate surface area is 129 Å². The van der Waals surface area contributed by atoms with E-state index in [1.54, 1.807) is 31.2 Å². The van der Waals surface area contributed by atoms with Crippen molar-refractivity contribution in [3.8, 4) is 0 Å². The third-order valence-corrected chi connectivity index (χ3v) is 5.53. The number of amides is 1. The predicted octanol–water partition coefficient (Wildman–Crippen LogP) is 0.812. The number of nitrogens with zero attached hydrogens (tertiary/aromatic N) is 1. The predicted molar refractivity (Wildman–Crippen MR) is 85.1 cm³/mol. The lowest BCUT2D eigenvalue weighted by molar-refractivity contribution is -0.120. The zero-order chi connectivity index (χ0) is 15.9. The summed E-state index contributed by atoms with van der Waals surface area (Å²) in [7, 11) is -3.69. The van der Waals surface area contributed by atoms with Crippen molar-refractivity contribution in [3.05, 3.63) is 36.4 Å². The zero-order valence-electron chi connectivity index (χ0n) is 12.1. The molecule has 1 aliphatic heterocycles. The van der Waals surface area contributed by atoms with E-state index in [1.165, 1.54) is 0 Å². The second-order valence-corrected chi connectivity index (χ2v) is 7.18. The van der Waals surface area contributed by atoms with Crippen molar-refractivity contribution in [3.63, 3.8) is 0 Å². The van der Waals surface area contributed by atoms with E-state index < -0.39 is 10.0 Å². The van der Waals surface area contributed by atoms with Crippen molar-refractivity contribution in [2.45, 2.75) is 17.9 Å². The second-order valence-electron chi connectivity index (χ2n) is 5.35. The Bertz CT molecular complexity index is 843. The van der Waals surface area contributed by atoms with Gasteiger partial charge in [-0.05, 0) is 24.4 Å². The molecule has 0 spiro atoms. The van der Waals surface area contributed by atoms with E-state index in [-0.39, 0.29) is 23.4 Å². The minimum absolute atomic E-state index is 0.198. The summed E-state index contributed by atoms with van der Waals surface area (Å²) in [5.41, 5.74) is 6.01. The molecule has 7 heteroatoms. The van der Waals surface area contributed by atoms with Crippen LogP contribution >= 0.6 is 0 Å². The van der Waals surface area contributed by atoms with Gasteiger partial charge in [-0.3, -0.25) is 9.10 Å². The van der Waals surface area contributed by atoms with E-state index >= 15 is 0 Å². The second kappa shape index (κ2) is 5.26. The van der Waals surface area contributed by atoms with E-state index in [2.05, 4.69) is 5.32 Å². The molecular formula is C15H17N3O3S. The highest BCUT2D eigenvalue weighted by Crippen LogP contribution is 2.41. The maximum absolute atomic E-state index is 12.7. The van der Waals surface area contributed by atoms with Gasteiger partial charge >= 0.3 is 0 Å². The molecule has 1 amide bonds. The molecule has 1 heterocycles. The standard InChI is InChI=1S/C15H17N3O3S/c1-10(8-16)17-14(19)9-18-12-6-2-4-11-5-3-7-13(15(11)12)22(18,20)21/h2-7,10H,8-9,16H2,1H3,(H,17,19)/t10-/m0/s1. The summed E-state index contributed by atoms with van der Waals surface area (Å²) < 4.78 is 26.5. The summed E-state index contributed by atoms with van der Waals surface area (Å²) in [6.45, 7) is 1.82. The van der Waals surface area contributed by atoms with Crippen molar-refractivity contribution in [2.75, 3.05) is 17.4 Å². The summed E-state index contributed by atoms with van der Waals surface area (Å²) in [4.78, 5) is 12.3. The van der Waals surface area contributed by atoms with Crippen molar-refractivity contribution in [1.29, 1.82) is 0 Å². The molecule has 22 heavy (non-hydrogen) atoms. The van der Waals surface area contributed by atoms with Crippen molar-refractivity contribution >= 4 is 32.4 Å². The molecular weight excluding hydrogens is 302 g/mol. The van der Waals surface area contributed by atoms with E-state index in [9.17, 15) is 13.2 Å². The van der Waals surface area contributed by atoms with Gasteiger partial charge in [-0.2, -0.15) is 0 Å². The minimum atomic E-state index is -3.69. The number of carbonyl (C=O) groups excluding carboxylic acids is 1. The first-order chi connectivity index (χ1) is 10.4. The number of sulfonamides is 1. The van der Waals surface area contributed by atoms with Crippen LogP contribution in [0.3, 0.4) is 0 Å². The number of anilines is 1. The van der Waals surface area contributed by atoms with Crippen LogP contribution in [0.25, 0.3) is 10.8 Å². The van der Waals surface area contributed by atoms with Crippen LogP contribution in [0.4, 0.5) is 5.69 Å². The lowest BCUT2D eigenvalue weighted by Gasteiger charge is -2.19. The van der Waals surface area contributed by atoms with E-state index in [1.807, 2.05) is 12.1 Å². The molecule has 0 saturated carbocycles.